The molecule has 0 aromatic heterocycles. The largest absolute Gasteiger partial charge is 0.385 e. The van der Waals surface area contributed by atoms with Crippen LogP contribution in [0.4, 0.5) is 0 Å². The molecule has 0 aliphatic carbocycles. The Labute approximate surface area is 99.8 Å². The van der Waals surface area contributed by atoms with E-state index in [0.717, 1.165) is 40.5 Å². The topological polar surface area (TPSA) is 20.2 Å². The average Bonchev–Trinajstić information content (AvgIpc) is 2.23. The van der Waals surface area contributed by atoms with Gasteiger partial charge in [0.05, 0.1) is 5.60 Å². The van der Waals surface area contributed by atoms with Gasteiger partial charge in [-0.1, -0.05) is 23.7 Å². The lowest BCUT2D eigenvalue weighted by atomic mass is 9.85. The molecule has 1 aromatic rings. The third kappa shape index (κ3) is 2.17. The lowest BCUT2D eigenvalue weighted by Gasteiger charge is -2.33. The number of hydrogen-bond donors (Lipinski definition) is 1. The van der Waals surface area contributed by atoms with Crippen LogP contribution in [-0.2, 0) is 5.60 Å². The molecule has 0 radical (unpaired) electrons. The molecule has 1 aliphatic heterocycles. The second-order valence-electron chi connectivity index (χ2n) is 4.06. The third-order valence-electron chi connectivity index (χ3n) is 3.09. The Hall–Kier alpha value is -0.180. The average molecular weight is 243 g/mol. The SMILES string of the molecule is Cc1c(Cl)cccc1C1(O)CCSCC1. The van der Waals surface area contributed by atoms with Crippen LogP contribution < -0.4 is 0 Å². The van der Waals surface area contributed by atoms with Crippen LogP contribution in [-0.4, -0.2) is 16.6 Å². The minimum atomic E-state index is -0.653. The van der Waals surface area contributed by atoms with Gasteiger partial charge < -0.3 is 5.11 Å². The summed E-state index contributed by atoms with van der Waals surface area (Å²) in [5.74, 6) is 2.06. The summed E-state index contributed by atoms with van der Waals surface area (Å²) in [6.45, 7) is 1.98. The zero-order chi connectivity index (χ0) is 10.9. The van der Waals surface area contributed by atoms with Crippen molar-refractivity contribution >= 4 is 23.4 Å². The van der Waals surface area contributed by atoms with Gasteiger partial charge in [0, 0.05) is 5.02 Å². The Balaban J connectivity index is 2.39. The second-order valence-corrected chi connectivity index (χ2v) is 5.69. The summed E-state index contributed by atoms with van der Waals surface area (Å²) < 4.78 is 0. The fourth-order valence-corrected chi connectivity index (χ4v) is 3.43. The highest BCUT2D eigenvalue weighted by Gasteiger charge is 2.32. The molecular weight excluding hydrogens is 228 g/mol. The maximum atomic E-state index is 10.6. The zero-order valence-electron chi connectivity index (χ0n) is 8.79. The number of benzene rings is 1. The lowest BCUT2D eigenvalue weighted by Crippen LogP contribution is -2.31. The molecule has 1 aliphatic rings. The summed E-state index contributed by atoms with van der Waals surface area (Å²) in [5.41, 5.74) is 1.38. The van der Waals surface area contributed by atoms with Crippen molar-refractivity contribution in [3.05, 3.63) is 34.3 Å². The van der Waals surface area contributed by atoms with Crippen molar-refractivity contribution in [1.82, 2.24) is 0 Å². The van der Waals surface area contributed by atoms with Crippen LogP contribution in [0.1, 0.15) is 24.0 Å². The summed E-state index contributed by atoms with van der Waals surface area (Å²) >= 11 is 7.99. The molecule has 0 atom stereocenters. The molecule has 82 valence electrons. The quantitative estimate of drug-likeness (QED) is 0.815. The molecule has 1 heterocycles. The Morgan fingerprint density at radius 2 is 2.00 bits per heavy atom. The highest BCUT2D eigenvalue weighted by molar-refractivity contribution is 7.99. The summed E-state index contributed by atoms with van der Waals surface area (Å²) in [5, 5.41) is 11.3. The van der Waals surface area contributed by atoms with E-state index in [4.69, 9.17) is 11.6 Å². The summed E-state index contributed by atoms with van der Waals surface area (Å²) in [6.07, 6.45) is 1.66. The van der Waals surface area contributed by atoms with Gasteiger partial charge in [-0.25, -0.2) is 0 Å². The predicted octanol–water partition coefficient (Wildman–Crippen LogP) is 3.36. The van der Waals surface area contributed by atoms with Crippen LogP contribution in [0.25, 0.3) is 0 Å². The Morgan fingerprint density at radius 3 is 2.67 bits per heavy atom. The lowest BCUT2D eigenvalue weighted by molar-refractivity contribution is 0.0275. The molecule has 0 amide bonds. The molecule has 3 heteroatoms. The number of hydrogen-bond acceptors (Lipinski definition) is 2. The van der Waals surface area contributed by atoms with Crippen molar-refractivity contribution in [2.45, 2.75) is 25.4 Å². The van der Waals surface area contributed by atoms with Gasteiger partial charge in [0.1, 0.15) is 0 Å². The number of thioether (sulfide) groups is 1. The molecular formula is C12H15ClOS. The molecule has 1 saturated heterocycles. The van der Waals surface area contributed by atoms with Crippen LogP contribution in [0.5, 0.6) is 0 Å². The molecule has 0 spiro atoms. The maximum Gasteiger partial charge on any atom is 0.0915 e. The molecule has 1 aromatic carbocycles. The van der Waals surface area contributed by atoms with Crippen molar-refractivity contribution in [3.63, 3.8) is 0 Å². The third-order valence-corrected chi connectivity index (χ3v) is 4.48. The van der Waals surface area contributed by atoms with E-state index in [1.165, 1.54) is 0 Å². The molecule has 2 rings (SSSR count). The smallest absolute Gasteiger partial charge is 0.0915 e. The van der Waals surface area contributed by atoms with Crippen molar-refractivity contribution in [1.29, 1.82) is 0 Å². The fourth-order valence-electron chi connectivity index (χ4n) is 2.09. The summed E-state index contributed by atoms with van der Waals surface area (Å²) in [6, 6.07) is 5.79. The van der Waals surface area contributed by atoms with Gasteiger partial charge in [0.25, 0.3) is 0 Å². The van der Waals surface area contributed by atoms with E-state index in [1.54, 1.807) is 0 Å². The van der Waals surface area contributed by atoms with Crippen molar-refractivity contribution in [2.24, 2.45) is 0 Å². The van der Waals surface area contributed by atoms with Gasteiger partial charge in [-0.05, 0) is 48.5 Å². The van der Waals surface area contributed by atoms with E-state index in [0.29, 0.717) is 0 Å². The first-order valence-electron chi connectivity index (χ1n) is 5.19. The van der Waals surface area contributed by atoms with Gasteiger partial charge in [0.2, 0.25) is 0 Å². The predicted molar refractivity (Wildman–Crippen MR) is 66.6 cm³/mol. The van der Waals surface area contributed by atoms with E-state index in [2.05, 4.69) is 0 Å². The minimum Gasteiger partial charge on any atom is -0.385 e. The number of aliphatic hydroxyl groups is 1. The van der Waals surface area contributed by atoms with Crippen LogP contribution in [0, 0.1) is 6.92 Å². The van der Waals surface area contributed by atoms with Crippen LogP contribution in [0.2, 0.25) is 5.02 Å². The van der Waals surface area contributed by atoms with Crippen LogP contribution in [0.3, 0.4) is 0 Å². The van der Waals surface area contributed by atoms with E-state index >= 15 is 0 Å². The van der Waals surface area contributed by atoms with Gasteiger partial charge in [0.15, 0.2) is 0 Å². The Morgan fingerprint density at radius 1 is 1.33 bits per heavy atom. The monoisotopic (exact) mass is 242 g/mol. The van der Waals surface area contributed by atoms with Gasteiger partial charge in [-0.2, -0.15) is 11.8 Å². The second kappa shape index (κ2) is 4.36. The Bertz CT molecular complexity index is 359. The van der Waals surface area contributed by atoms with Crippen LogP contribution >= 0.6 is 23.4 Å². The molecule has 1 nitrogen and oxygen atoms in total. The minimum absolute atomic E-state index is 0.653. The first-order valence-corrected chi connectivity index (χ1v) is 6.72. The van der Waals surface area contributed by atoms with Crippen molar-refractivity contribution in [3.8, 4) is 0 Å². The molecule has 0 unspecified atom stereocenters. The van der Waals surface area contributed by atoms with Gasteiger partial charge in [-0.3, -0.25) is 0 Å². The van der Waals surface area contributed by atoms with Crippen molar-refractivity contribution in [2.75, 3.05) is 11.5 Å². The molecule has 0 saturated carbocycles. The Kier molecular flexibility index (Phi) is 3.29. The normalized spacial score (nSPS) is 20.2. The number of halogens is 1. The fraction of sp³-hybridized carbons (Fsp3) is 0.500. The summed E-state index contributed by atoms with van der Waals surface area (Å²) in [4.78, 5) is 0. The van der Waals surface area contributed by atoms with Crippen LogP contribution in [0.15, 0.2) is 18.2 Å². The first-order chi connectivity index (χ1) is 7.13. The van der Waals surface area contributed by atoms with E-state index in [-0.39, 0.29) is 0 Å². The summed E-state index contributed by atoms with van der Waals surface area (Å²) in [7, 11) is 0. The zero-order valence-corrected chi connectivity index (χ0v) is 10.4. The standard InChI is InChI=1S/C12H15ClOS/c1-9-10(3-2-4-11(9)13)12(14)5-7-15-8-6-12/h2-4,14H,5-8H2,1H3. The molecule has 0 bridgehead atoms. The molecule has 1 N–H and O–H groups in total. The van der Waals surface area contributed by atoms with E-state index in [9.17, 15) is 5.11 Å². The highest BCUT2D eigenvalue weighted by atomic mass is 35.5. The molecule has 15 heavy (non-hydrogen) atoms. The highest BCUT2D eigenvalue weighted by Crippen LogP contribution is 2.38. The number of rotatable bonds is 1. The van der Waals surface area contributed by atoms with Crippen molar-refractivity contribution < 1.29 is 5.11 Å². The van der Waals surface area contributed by atoms with E-state index < -0.39 is 5.60 Å². The molecule has 1 fully saturated rings. The first kappa shape index (κ1) is 11.3. The van der Waals surface area contributed by atoms with E-state index in [1.807, 2.05) is 36.9 Å². The maximum absolute atomic E-state index is 10.6. The van der Waals surface area contributed by atoms with Gasteiger partial charge in [-0.15, -0.1) is 0 Å². The van der Waals surface area contributed by atoms with Gasteiger partial charge >= 0.3 is 0 Å².